The van der Waals surface area contributed by atoms with Crippen molar-refractivity contribution in [1.29, 1.82) is 5.26 Å². The first-order chi connectivity index (χ1) is 19.7. The molecule has 3 heterocycles. The van der Waals surface area contributed by atoms with Crippen molar-refractivity contribution >= 4 is 17.6 Å². The maximum atomic E-state index is 13.6. The summed E-state index contributed by atoms with van der Waals surface area (Å²) in [5.41, 5.74) is 0.418. The monoisotopic (exact) mass is 561 g/mol. The minimum Gasteiger partial charge on any atom is -0.466 e. The van der Waals surface area contributed by atoms with Crippen LogP contribution in [-0.4, -0.2) is 27.8 Å². The quantitative estimate of drug-likeness (QED) is 0.277. The molecule has 9 nitrogen and oxygen atoms in total. The summed E-state index contributed by atoms with van der Waals surface area (Å²) in [5, 5.41) is 16.2. The number of pyridine rings is 1. The average molecular weight is 562 g/mol. The van der Waals surface area contributed by atoms with E-state index in [1.807, 2.05) is 35.2 Å². The molecule has 41 heavy (non-hydrogen) atoms. The molecule has 5 rings (SSSR count). The minimum absolute atomic E-state index is 0.00602. The Morgan fingerprint density at radius 1 is 1.15 bits per heavy atom. The number of rotatable bonds is 6. The molecule has 2 aromatic carbocycles. The molecular weight excluding hydrogens is 537 g/mol. The lowest BCUT2D eigenvalue weighted by Crippen LogP contribution is -2.39. The predicted molar refractivity (Wildman–Crippen MR) is 141 cm³/mol. The van der Waals surface area contributed by atoms with E-state index in [1.165, 1.54) is 28.7 Å². The number of carbonyl (C=O) groups excluding carboxylic acids is 1. The van der Waals surface area contributed by atoms with Crippen molar-refractivity contribution in [2.24, 2.45) is 0 Å². The smallest absolute Gasteiger partial charge is 0.416 e. The Bertz CT molecular complexity index is 1750. The third-order valence-electron chi connectivity index (χ3n) is 6.87. The highest BCUT2D eigenvalue weighted by Crippen LogP contribution is 2.44. The molecule has 0 spiro atoms. The lowest BCUT2D eigenvalue weighted by molar-refractivity contribution is -0.688. The van der Waals surface area contributed by atoms with Gasteiger partial charge in [-0.15, -0.1) is 5.10 Å². The Kier molecular flexibility index (Phi) is 7.19. The van der Waals surface area contributed by atoms with Gasteiger partial charge in [0.1, 0.15) is 6.04 Å². The number of nitrogens with one attached hydrogen (secondary N) is 1. The summed E-state index contributed by atoms with van der Waals surface area (Å²) < 4.78 is 49.2. The van der Waals surface area contributed by atoms with Crippen LogP contribution in [0.4, 0.5) is 24.8 Å². The molecule has 1 aliphatic rings. The van der Waals surface area contributed by atoms with Crippen molar-refractivity contribution in [3.05, 3.63) is 117 Å². The number of ether oxygens (including phenoxy) is 1. The summed E-state index contributed by atoms with van der Waals surface area (Å²) >= 11 is 0. The van der Waals surface area contributed by atoms with Crippen molar-refractivity contribution in [3.8, 4) is 6.07 Å². The van der Waals surface area contributed by atoms with E-state index in [4.69, 9.17) is 4.74 Å². The molecular formula is C29H24F3N6O3+. The van der Waals surface area contributed by atoms with Crippen molar-refractivity contribution in [3.63, 3.8) is 0 Å². The Morgan fingerprint density at radius 2 is 1.90 bits per heavy atom. The second-order valence-electron chi connectivity index (χ2n) is 9.26. The predicted octanol–water partition coefficient (Wildman–Crippen LogP) is 4.38. The maximum Gasteiger partial charge on any atom is 0.416 e. The number of nitrogens with zero attached hydrogens (tertiary/aromatic N) is 5. The standard InChI is InChI=1S/C29H23F3N6O3/c1-3-23-24(26(39)41-2)25(22-11-10-18(16-33)14-19(22)17-36-12-5-4-6-13-36)38-27(34-35-28(38)40)37(23)21-9-7-8-20(15-21)29(30,31)32/h4-15,25H,3,17H2,1-2H3/p+1/t25-/m1/s1. The molecule has 0 unspecified atom stereocenters. The zero-order valence-electron chi connectivity index (χ0n) is 22.0. The fourth-order valence-corrected chi connectivity index (χ4v) is 5.11. The van der Waals surface area contributed by atoms with Crippen LogP contribution in [0.5, 0.6) is 0 Å². The van der Waals surface area contributed by atoms with Crippen LogP contribution in [0, 0.1) is 11.3 Å². The molecule has 1 aliphatic heterocycles. The lowest BCUT2D eigenvalue weighted by atomic mass is 9.89. The third-order valence-corrected chi connectivity index (χ3v) is 6.87. The van der Waals surface area contributed by atoms with Gasteiger partial charge in [-0.3, -0.25) is 4.90 Å². The molecule has 0 saturated heterocycles. The first kappa shape index (κ1) is 27.4. The maximum absolute atomic E-state index is 13.6. The summed E-state index contributed by atoms with van der Waals surface area (Å²) in [4.78, 5) is 28.1. The van der Waals surface area contributed by atoms with Gasteiger partial charge in [0.05, 0.1) is 29.9 Å². The van der Waals surface area contributed by atoms with Gasteiger partial charge in [0, 0.05) is 29.1 Å². The van der Waals surface area contributed by atoms with Crippen LogP contribution in [0.1, 0.15) is 41.6 Å². The Balaban J connectivity index is 1.80. The van der Waals surface area contributed by atoms with Crippen LogP contribution in [0.2, 0.25) is 0 Å². The third kappa shape index (κ3) is 4.98. The van der Waals surface area contributed by atoms with E-state index in [1.54, 1.807) is 25.1 Å². The van der Waals surface area contributed by atoms with Gasteiger partial charge in [-0.05, 0) is 42.3 Å². The number of methoxy groups -OCH3 is 1. The van der Waals surface area contributed by atoms with Crippen LogP contribution in [0.25, 0.3) is 0 Å². The van der Waals surface area contributed by atoms with E-state index in [9.17, 15) is 28.0 Å². The van der Waals surface area contributed by atoms with Crippen molar-refractivity contribution in [2.45, 2.75) is 32.1 Å². The van der Waals surface area contributed by atoms with Gasteiger partial charge in [-0.1, -0.05) is 25.1 Å². The number of hydrogen-bond donors (Lipinski definition) is 1. The van der Waals surface area contributed by atoms with Gasteiger partial charge in [0.25, 0.3) is 0 Å². The number of fused-ring (bicyclic) bond motifs is 1. The number of benzene rings is 2. The molecule has 1 N–H and O–H groups in total. The Labute approximate surface area is 232 Å². The zero-order chi connectivity index (χ0) is 29.3. The van der Waals surface area contributed by atoms with Crippen molar-refractivity contribution in [2.75, 3.05) is 12.0 Å². The molecule has 4 aromatic rings. The number of carbonyl (C=O) groups is 1. The number of esters is 1. The SMILES string of the molecule is CCC1=C(C(=O)OC)[C@@H](c2ccc(C#N)cc2C[n+]2ccccc2)n2c(n[nH]c2=O)N1c1cccc(C(F)(F)F)c1. The summed E-state index contributed by atoms with van der Waals surface area (Å²) in [6.45, 7) is 2.05. The van der Waals surface area contributed by atoms with E-state index in [-0.39, 0.29) is 23.6 Å². The summed E-state index contributed by atoms with van der Waals surface area (Å²) in [6.07, 6.45) is -0.753. The van der Waals surface area contributed by atoms with Crippen LogP contribution < -0.4 is 15.2 Å². The van der Waals surface area contributed by atoms with Gasteiger partial charge in [-0.25, -0.2) is 23.8 Å². The number of nitriles is 1. The van der Waals surface area contributed by atoms with Gasteiger partial charge in [-0.2, -0.15) is 18.4 Å². The number of H-pyrrole nitrogens is 1. The number of aromatic nitrogens is 4. The normalized spacial score (nSPS) is 14.9. The summed E-state index contributed by atoms with van der Waals surface area (Å²) in [5.74, 6) is -0.753. The van der Waals surface area contributed by atoms with Gasteiger partial charge in [0.2, 0.25) is 5.95 Å². The van der Waals surface area contributed by atoms with Crippen LogP contribution in [0.15, 0.2) is 89.1 Å². The molecule has 12 heteroatoms. The number of anilines is 2. The molecule has 1 atom stereocenters. The second-order valence-corrected chi connectivity index (χ2v) is 9.26. The summed E-state index contributed by atoms with van der Waals surface area (Å²) in [6, 6.07) is 16.1. The van der Waals surface area contributed by atoms with E-state index in [2.05, 4.69) is 16.3 Å². The van der Waals surface area contributed by atoms with E-state index in [0.717, 1.165) is 12.1 Å². The van der Waals surface area contributed by atoms with Crippen molar-refractivity contribution in [1.82, 2.24) is 14.8 Å². The molecule has 0 bridgehead atoms. The van der Waals surface area contributed by atoms with Crippen LogP contribution in [-0.2, 0) is 22.3 Å². The zero-order valence-corrected chi connectivity index (χ0v) is 22.0. The largest absolute Gasteiger partial charge is 0.466 e. The lowest BCUT2D eigenvalue weighted by Gasteiger charge is -2.37. The highest BCUT2D eigenvalue weighted by molar-refractivity contribution is 5.94. The van der Waals surface area contributed by atoms with E-state index in [0.29, 0.717) is 28.9 Å². The minimum atomic E-state index is -4.62. The number of allylic oxidation sites excluding steroid dienone is 1. The van der Waals surface area contributed by atoms with Gasteiger partial charge in [0.15, 0.2) is 18.9 Å². The number of halogens is 3. The fraction of sp³-hybridized carbons (Fsp3) is 0.207. The first-order valence-corrected chi connectivity index (χ1v) is 12.6. The topological polar surface area (TPSA) is 108 Å². The molecule has 0 fully saturated rings. The van der Waals surface area contributed by atoms with Crippen LogP contribution in [0.3, 0.4) is 0 Å². The molecule has 0 amide bonds. The average Bonchev–Trinajstić information content (AvgIpc) is 3.36. The molecule has 0 saturated carbocycles. The van der Waals surface area contributed by atoms with Crippen molar-refractivity contribution < 1.29 is 27.3 Å². The van der Waals surface area contributed by atoms with Gasteiger partial charge < -0.3 is 4.74 Å². The molecule has 0 aliphatic carbocycles. The second kappa shape index (κ2) is 10.8. The van der Waals surface area contributed by atoms with E-state index < -0.39 is 29.4 Å². The van der Waals surface area contributed by atoms with E-state index >= 15 is 0 Å². The first-order valence-electron chi connectivity index (χ1n) is 12.6. The molecule has 2 aromatic heterocycles. The molecule has 0 radical (unpaired) electrons. The highest BCUT2D eigenvalue weighted by atomic mass is 19.4. The highest BCUT2D eigenvalue weighted by Gasteiger charge is 2.42. The van der Waals surface area contributed by atoms with Crippen LogP contribution >= 0.6 is 0 Å². The number of aromatic amines is 1. The molecule has 208 valence electrons. The summed E-state index contributed by atoms with van der Waals surface area (Å²) in [7, 11) is 1.20. The van der Waals surface area contributed by atoms with Gasteiger partial charge >= 0.3 is 17.8 Å². The Morgan fingerprint density at radius 3 is 2.56 bits per heavy atom. The fourth-order valence-electron chi connectivity index (χ4n) is 5.11. The number of hydrogen-bond acceptors (Lipinski definition) is 6. The number of alkyl halides is 3. The Hall–Kier alpha value is -5.18.